The maximum atomic E-state index is 14.5. The molecule has 1 aromatic rings. The molecule has 2 atom stereocenters. The normalized spacial score (nSPS) is 21.1. The summed E-state index contributed by atoms with van der Waals surface area (Å²) in [6.07, 6.45) is 4.87. The monoisotopic (exact) mass is 292 g/mol. The Kier molecular flexibility index (Phi) is 6.04. The van der Waals surface area contributed by atoms with Gasteiger partial charge in [-0.25, -0.2) is 4.39 Å². The van der Waals surface area contributed by atoms with Crippen LogP contribution in [0.3, 0.4) is 0 Å². The summed E-state index contributed by atoms with van der Waals surface area (Å²) in [6.45, 7) is 9.33. The summed E-state index contributed by atoms with van der Waals surface area (Å²) in [7, 11) is 0. The fourth-order valence-electron chi connectivity index (χ4n) is 3.43. The predicted molar refractivity (Wildman–Crippen MR) is 88.3 cm³/mol. The lowest BCUT2D eigenvalue weighted by atomic mass is 9.98. The largest absolute Gasteiger partial charge is 0.369 e. The van der Waals surface area contributed by atoms with E-state index in [1.54, 1.807) is 6.07 Å². The van der Waals surface area contributed by atoms with E-state index in [0.717, 1.165) is 36.8 Å². The number of benzene rings is 1. The molecule has 0 amide bonds. The highest BCUT2D eigenvalue weighted by Crippen LogP contribution is 2.32. The van der Waals surface area contributed by atoms with E-state index < -0.39 is 0 Å². The van der Waals surface area contributed by atoms with Crippen LogP contribution in [0.2, 0.25) is 0 Å². The molecule has 2 rings (SSSR count). The first kappa shape index (κ1) is 16.3. The lowest BCUT2D eigenvalue weighted by Crippen LogP contribution is -2.28. The molecule has 0 saturated carbocycles. The molecule has 3 heteroatoms. The van der Waals surface area contributed by atoms with Crippen LogP contribution in [-0.4, -0.2) is 19.6 Å². The molecule has 2 nitrogen and oxygen atoms in total. The van der Waals surface area contributed by atoms with E-state index in [1.165, 1.54) is 25.7 Å². The maximum Gasteiger partial charge on any atom is 0.146 e. The van der Waals surface area contributed by atoms with Crippen LogP contribution in [0.1, 0.15) is 58.1 Å². The Bertz CT molecular complexity index is 447. The predicted octanol–water partition coefficient (Wildman–Crippen LogP) is 4.51. The lowest BCUT2D eigenvalue weighted by Gasteiger charge is -2.28. The van der Waals surface area contributed by atoms with Crippen molar-refractivity contribution < 1.29 is 4.39 Å². The highest BCUT2D eigenvalue weighted by atomic mass is 19.1. The van der Waals surface area contributed by atoms with E-state index in [4.69, 9.17) is 0 Å². The summed E-state index contributed by atoms with van der Waals surface area (Å²) < 4.78 is 14.5. The first-order valence-electron chi connectivity index (χ1n) is 8.44. The number of rotatable bonds is 5. The SMILES string of the molecule is CCNC(C)c1cccc(F)c1N1CCCC(CC)CC1. The molecule has 1 N–H and O–H groups in total. The number of halogens is 1. The topological polar surface area (TPSA) is 15.3 Å². The van der Waals surface area contributed by atoms with Gasteiger partial charge >= 0.3 is 0 Å². The highest BCUT2D eigenvalue weighted by molar-refractivity contribution is 5.56. The third-order valence-electron chi connectivity index (χ3n) is 4.74. The van der Waals surface area contributed by atoms with Crippen molar-refractivity contribution in [3.63, 3.8) is 0 Å². The fraction of sp³-hybridized carbons (Fsp3) is 0.667. The number of nitrogens with one attached hydrogen (secondary N) is 1. The van der Waals surface area contributed by atoms with E-state index in [9.17, 15) is 4.39 Å². The molecule has 1 aliphatic rings. The van der Waals surface area contributed by atoms with Gasteiger partial charge in [-0.15, -0.1) is 0 Å². The van der Waals surface area contributed by atoms with Crippen LogP contribution in [0.4, 0.5) is 10.1 Å². The molecule has 1 aliphatic heterocycles. The van der Waals surface area contributed by atoms with Crippen LogP contribution in [0.15, 0.2) is 18.2 Å². The quantitative estimate of drug-likeness (QED) is 0.859. The van der Waals surface area contributed by atoms with Crippen LogP contribution in [0.5, 0.6) is 0 Å². The van der Waals surface area contributed by atoms with Gasteiger partial charge in [0.15, 0.2) is 0 Å². The Balaban J connectivity index is 2.25. The highest BCUT2D eigenvalue weighted by Gasteiger charge is 2.22. The Morgan fingerprint density at radius 1 is 1.29 bits per heavy atom. The summed E-state index contributed by atoms with van der Waals surface area (Å²) in [4.78, 5) is 2.27. The number of anilines is 1. The first-order chi connectivity index (χ1) is 10.2. The van der Waals surface area contributed by atoms with Crippen molar-refractivity contribution in [2.45, 2.75) is 52.5 Å². The second-order valence-electron chi connectivity index (χ2n) is 6.15. The Hall–Kier alpha value is -1.09. The van der Waals surface area contributed by atoms with E-state index in [0.29, 0.717) is 0 Å². The van der Waals surface area contributed by atoms with E-state index in [-0.39, 0.29) is 11.9 Å². The van der Waals surface area contributed by atoms with Gasteiger partial charge in [-0.2, -0.15) is 0 Å². The summed E-state index contributed by atoms with van der Waals surface area (Å²) >= 11 is 0. The van der Waals surface area contributed by atoms with Crippen molar-refractivity contribution in [1.82, 2.24) is 5.32 Å². The molecule has 0 aliphatic carbocycles. The second-order valence-corrected chi connectivity index (χ2v) is 6.15. The third-order valence-corrected chi connectivity index (χ3v) is 4.74. The van der Waals surface area contributed by atoms with Crippen molar-refractivity contribution in [1.29, 1.82) is 0 Å². The smallest absolute Gasteiger partial charge is 0.146 e. The third kappa shape index (κ3) is 3.97. The number of hydrogen-bond acceptors (Lipinski definition) is 2. The molecule has 118 valence electrons. The minimum atomic E-state index is -0.0767. The van der Waals surface area contributed by atoms with Crippen LogP contribution in [0.25, 0.3) is 0 Å². The standard InChI is InChI=1S/C18H29FN2/c1-4-15-8-7-12-21(13-11-15)18-16(14(3)20-5-2)9-6-10-17(18)19/h6,9-10,14-15,20H,4-5,7-8,11-13H2,1-3H3. The maximum absolute atomic E-state index is 14.5. The molecule has 0 bridgehead atoms. The van der Waals surface area contributed by atoms with E-state index in [1.807, 2.05) is 6.07 Å². The first-order valence-corrected chi connectivity index (χ1v) is 8.44. The summed E-state index contributed by atoms with van der Waals surface area (Å²) in [5, 5.41) is 3.41. The minimum absolute atomic E-state index is 0.0767. The van der Waals surface area contributed by atoms with Gasteiger partial charge in [0, 0.05) is 19.1 Å². The molecule has 1 aromatic carbocycles. The summed E-state index contributed by atoms with van der Waals surface area (Å²) in [5.41, 5.74) is 1.91. The number of para-hydroxylation sites is 1. The molecule has 1 heterocycles. The lowest BCUT2D eigenvalue weighted by molar-refractivity contribution is 0.459. The van der Waals surface area contributed by atoms with Crippen LogP contribution in [-0.2, 0) is 0 Å². The second kappa shape index (κ2) is 7.79. The van der Waals surface area contributed by atoms with Gasteiger partial charge in [0.2, 0.25) is 0 Å². The van der Waals surface area contributed by atoms with Gasteiger partial charge in [0.1, 0.15) is 5.82 Å². The van der Waals surface area contributed by atoms with Crippen LogP contribution < -0.4 is 10.2 Å². The number of nitrogens with zero attached hydrogens (tertiary/aromatic N) is 1. The molecule has 2 unspecified atom stereocenters. The van der Waals surface area contributed by atoms with Gasteiger partial charge in [0.05, 0.1) is 5.69 Å². The fourth-order valence-corrected chi connectivity index (χ4v) is 3.43. The zero-order chi connectivity index (χ0) is 15.2. The van der Waals surface area contributed by atoms with Crippen molar-refractivity contribution in [2.75, 3.05) is 24.5 Å². The average molecular weight is 292 g/mol. The van der Waals surface area contributed by atoms with Crippen molar-refractivity contribution in [2.24, 2.45) is 5.92 Å². The van der Waals surface area contributed by atoms with Crippen molar-refractivity contribution in [3.05, 3.63) is 29.6 Å². The zero-order valence-corrected chi connectivity index (χ0v) is 13.7. The van der Waals surface area contributed by atoms with Crippen molar-refractivity contribution in [3.8, 4) is 0 Å². The molecular weight excluding hydrogens is 263 g/mol. The van der Waals surface area contributed by atoms with Crippen molar-refractivity contribution >= 4 is 5.69 Å². The van der Waals surface area contributed by atoms with Crippen LogP contribution in [0, 0.1) is 11.7 Å². The van der Waals surface area contributed by atoms with Gasteiger partial charge in [-0.3, -0.25) is 0 Å². The summed E-state index contributed by atoms with van der Waals surface area (Å²) in [6, 6.07) is 5.67. The Morgan fingerprint density at radius 3 is 2.81 bits per heavy atom. The Morgan fingerprint density at radius 2 is 2.10 bits per heavy atom. The molecule has 0 spiro atoms. The average Bonchev–Trinajstić information content (AvgIpc) is 2.72. The molecule has 1 saturated heterocycles. The summed E-state index contributed by atoms with van der Waals surface area (Å²) in [5.74, 6) is 0.726. The van der Waals surface area contributed by atoms with Gasteiger partial charge < -0.3 is 10.2 Å². The minimum Gasteiger partial charge on any atom is -0.369 e. The van der Waals surface area contributed by atoms with E-state index in [2.05, 4.69) is 37.1 Å². The molecule has 0 radical (unpaired) electrons. The molecular formula is C18H29FN2. The van der Waals surface area contributed by atoms with Gasteiger partial charge in [-0.1, -0.05) is 32.4 Å². The Labute approximate surface area is 128 Å². The van der Waals surface area contributed by atoms with Gasteiger partial charge in [-0.05, 0) is 50.3 Å². The molecule has 1 fully saturated rings. The zero-order valence-electron chi connectivity index (χ0n) is 13.7. The van der Waals surface area contributed by atoms with E-state index >= 15 is 0 Å². The number of hydrogen-bond donors (Lipinski definition) is 1. The van der Waals surface area contributed by atoms with Crippen LogP contribution >= 0.6 is 0 Å². The molecule has 21 heavy (non-hydrogen) atoms. The van der Waals surface area contributed by atoms with Gasteiger partial charge in [0.25, 0.3) is 0 Å². The molecule has 0 aromatic heterocycles.